The monoisotopic (exact) mass is 1080 g/mol. The molecule has 2 aliphatic heterocycles. The Balaban J connectivity index is 0.967. The highest BCUT2D eigenvalue weighted by atomic mass is 32.2. The first-order chi connectivity index (χ1) is 41.7. The normalized spacial score (nSPS) is 13.7. The van der Waals surface area contributed by atoms with Gasteiger partial charge in [-0.2, -0.15) is 0 Å². The summed E-state index contributed by atoms with van der Waals surface area (Å²) in [4.78, 5) is 5.28. The number of fused-ring (bicyclic) bond motifs is 21. The van der Waals surface area contributed by atoms with Crippen molar-refractivity contribution in [3.63, 3.8) is 0 Å². The van der Waals surface area contributed by atoms with E-state index in [0.29, 0.717) is 0 Å². The standard InChI is InChI=1S/C79H48BN3S/c1-3-22-49(23-4-1)53-33-21-34-54(50-24-5-2-6-25-50)77(53)83-72-46-51(81-68-38-17-10-28-57(68)58-29-11-18-39-69(58)81)42-44-66(72)80-67-45-43-65-75(61-32-9-16-37-64(61)79(65)62-35-14-7-26-55(62)56-27-8-15-36-63(56)79)78(67)84-74-48-52(47-73(83)76(74)80)82-70-40-19-12-30-59(70)60-31-13-20-41-71(60)82/h1-48H. The third-order valence-electron chi connectivity index (χ3n) is 19.0. The molecule has 0 saturated carbocycles. The zero-order valence-electron chi connectivity index (χ0n) is 45.5. The minimum atomic E-state index is -0.474. The van der Waals surface area contributed by atoms with Crippen molar-refractivity contribution in [3.05, 3.63) is 313 Å². The van der Waals surface area contributed by atoms with Crippen molar-refractivity contribution < 1.29 is 0 Å². The summed E-state index contributed by atoms with van der Waals surface area (Å²) < 4.78 is 5.02. The second-order valence-corrected chi connectivity index (χ2v) is 24.0. The Bertz CT molecular complexity index is 5110. The van der Waals surface area contributed by atoms with Gasteiger partial charge in [0.1, 0.15) is 0 Å². The molecule has 1 spiro atoms. The van der Waals surface area contributed by atoms with Gasteiger partial charge in [-0.15, -0.1) is 0 Å². The van der Waals surface area contributed by atoms with Crippen molar-refractivity contribution in [1.29, 1.82) is 0 Å². The zero-order chi connectivity index (χ0) is 54.8. The topological polar surface area (TPSA) is 13.1 Å². The predicted molar refractivity (Wildman–Crippen MR) is 352 cm³/mol. The second-order valence-electron chi connectivity index (χ2n) is 23.0. The van der Waals surface area contributed by atoms with Gasteiger partial charge in [-0.05, 0) is 110 Å². The summed E-state index contributed by atoms with van der Waals surface area (Å²) in [5.41, 5.74) is 29.3. The Morgan fingerprint density at radius 3 is 1.32 bits per heavy atom. The van der Waals surface area contributed by atoms with Gasteiger partial charge in [0, 0.05) is 70.8 Å². The van der Waals surface area contributed by atoms with E-state index in [9.17, 15) is 0 Å². The van der Waals surface area contributed by atoms with Gasteiger partial charge in [-0.1, -0.05) is 260 Å². The molecule has 0 N–H and O–H groups in total. The molecular weight excluding hydrogens is 1030 g/mol. The van der Waals surface area contributed by atoms with Crippen LogP contribution in [0.15, 0.2) is 301 Å². The van der Waals surface area contributed by atoms with Crippen LogP contribution in [-0.2, 0) is 5.41 Å². The summed E-state index contributed by atoms with van der Waals surface area (Å²) in [6, 6.07) is 110. The molecule has 0 amide bonds. The molecule has 3 nitrogen and oxygen atoms in total. The molecule has 0 radical (unpaired) electrons. The van der Waals surface area contributed by atoms with Gasteiger partial charge < -0.3 is 14.0 Å². The molecule has 84 heavy (non-hydrogen) atoms. The maximum Gasteiger partial charge on any atom is 0.249 e. The van der Waals surface area contributed by atoms with E-state index in [1.807, 2.05) is 11.8 Å². The highest BCUT2D eigenvalue weighted by Crippen LogP contribution is 2.64. The van der Waals surface area contributed by atoms with Crippen LogP contribution >= 0.6 is 11.8 Å². The van der Waals surface area contributed by atoms with Crippen LogP contribution in [0.4, 0.5) is 17.1 Å². The Kier molecular flexibility index (Phi) is 9.57. The van der Waals surface area contributed by atoms with Crippen molar-refractivity contribution >= 4 is 95.5 Å². The first-order valence-corrected chi connectivity index (χ1v) is 30.0. The minimum Gasteiger partial charge on any atom is -0.310 e. The number of aromatic nitrogens is 2. The smallest absolute Gasteiger partial charge is 0.249 e. The van der Waals surface area contributed by atoms with Gasteiger partial charge in [-0.3, -0.25) is 0 Å². The summed E-state index contributed by atoms with van der Waals surface area (Å²) in [7, 11) is 0. The average Bonchev–Trinajstić information content (AvgIpc) is 1.67. The number of anilines is 3. The Morgan fingerprint density at radius 2 is 0.762 bits per heavy atom. The summed E-state index contributed by atoms with van der Waals surface area (Å²) >= 11 is 1.98. The molecule has 2 aliphatic carbocycles. The highest BCUT2D eigenvalue weighted by molar-refractivity contribution is 8.00. The average molecular weight is 1080 g/mol. The lowest BCUT2D eigenvalue weighted by atomic mass is 9.34. The largest absolute Gasteiger partial charge is 0.310 e. The van der Waals surface area contributed by atoms with E-state index in [2.05, 4.69) is 305 Å². The van der Waals surface area contributed by atoms with Gasteiger partial charge in [0.2, 0.25) is 6.71 Å². The molecule has 388 valence electrons. The number of hydrogen-bond donors (Lipinski definition) is 0. The number of hydrogen-bond acceptors (Lipinski definition) is 2. The highest BCUT2D eigenvalue weighted by Gasteiger charge is 2.54. The van der Waals surface area contributed by atoms with Crippen LogP contribution in [0, 0.1) is 0 Å². The molecule has 2 aromatic heterocycles. The van der Waals surface area contributed by atoms with Gasteiger partial charge >= 0.3 is 0 Å². The van der Waals surface area contributed by atoms with Crippen LogP contribution in [0.5, 0.6) is 0 Å². The molecule has 0 saturated heterocycles. The molecule has 5 heteroatoms. The van der Waals surface area contributed by atoms with Crippen molar-refractivity contribution in [1.82, 2.24) is 9.13 Å². The van der Waals surface area contributed by atoms with Gasteiger partial charge in [-0.25, -0.2) is 0 Å². The van der Waals surface area contributed by atoms with E-state index in [4.69, 9.17) is 0 Å². The van der Waals surface area contributed by atoms with Gasteiger partial charge in [0.05, 0.1) is 33.2 Å². The maximum absolute atomic E-state index is 2.68. The van der Waals surface area contributed by atoms with Crippen molar-refractivity contribution in [3.8, 4) is 55.9 Å². The van der Waals surface area contributed by atoms with Crippen LogP contribution < -0.4 is 21.3 Å². The number of para-hydroxylation sites is 5. The van der Waals surface area contributed by atoms with Crippen LogP contribution in [0.3, 0.4) is 0 Å². The molecule has 4 aliphatic rings. The second kappa shape index (κ2) is 17.4. The molecule has 13 aromatic carbocycles. The van der Waals surface area contributed by atoms with Crippen molar-refractivity contribution in [2.24, 2.45) is 0 Å². The third-order valence-corrected chi connectivity index (χ3v) is 20.2. The SMILES string of the molecule is c1ccc(-c2cccc(-c3ccccc3)c2N2c3cc(-n4c5ccccc5c5ccccc54)ccc3B3c4ccc5c(c4Sc4cc(-n6c7ccccc7c7ccccc76)cc2c43)-c2ccccc2C52c3ccccc3-c3ccccc32)cc1. The fourth-order valence-corrected chi connectivity index (χ4v) is 17.1. The van der Waals surface area contributed by atoms with E-state index in [-0.39, 0.29) is 6.71 Å². The molecule has 0 bridgehead atoms. The van der Waals surface area contributed by atoms with Crippen LogP contribution in [0.25, 0.3) is 99.5 Å². The first kappa shape index (κ1) is 46.3. The molecule has 0 unspecified atom stereocenters. The third kappa shape index (κ3) is 6.08. The lowest BCUT2D eigenvalue weighted by Crippen LogP contribution is -2.60. The van der Waals surface area contributed by atoms with E-state index in [1.54, 1.807) is 0 Å². The molecular formula is C79H48BN3S. The maximum atomic E-state index is 2.68. The number of nitrogens with zero attached hydrogens (tertiary/aromatic N) is 3. The fourth-order valence-electron chi connectivity index (χ4n) is 15.7. The summed E-state index contributed by atoms with van der Waals surface area (Å²) in [5, 5.41) is 4.97. The lowest BCUT2D eigenvalue weighted by molar-refractivity contribution is 0.793. The predicted octanol–water partition coefficient (Wildman–Crippen LogP) is 18.3. The molecule has 15 aromatic rings. The Labute approximate surface area is 491 Å². The van der Waals surface area contributed by atoms with E-state index < -0.39 is 5.41 Å². The first-order valence-electron chi connectivity index (χ1n) is 29.2. The summed E-state index contributed by atoms with van der Waals surface area (Å²) in [5.74, 6) is 0. The van der Waals surface area contributed by atoms with E-state index in [0.717, 1.165) is 33.9 Å². The Morgan fingerprint density at radius 1 is 0.321 bits per heavy atom. The van der Waals surface area contributed by atoms with Crippen LogP contribution in [-0.4, -0.2) is 15.8 Å². The van der Waals surface area contributed by atoms with Gasteiger partial charge in [0.25, 0.3) is 0 Å². The zero-order valence-corrected chi connectivity index (χ0v) is 46.4. The van der Waals surface area contributed by atoms with E-state index in [1.165, 1.54) is 131 Å². The van der Waals surface area contributed by atoms with Crippen molar-refractivity contribution in [2.75, 3.05) is 4.90 Å². The number of rotatable bonds is 5. The minimum absolute atomic E-state index is 0.113. The Hall–Kier alpha value is -10.3. The molecule has 0 atom stereocenters. The van der Waals surface area contributed by atoms with E-state index >= 15 is 0 Å². The molecule has 19 rings (SSSR count). The van der Waals surface area contributed by atoms with Crippen molar-refractivity contribution in [2.45, 2.75) is 15.2 Å². The number of benzene rings is 13. The summed E-state index contributed by atoms with van der Waals surface area (Å²) in [6.07, 6.45) is 0. The molecule has 0 fully saturated rings. The fraction of sp³-hybridized carbons (Fsp3) is 0.0127. The van der Waals surface area contributed by atoms with Gasteiger partial charge in [0.15, 0.2) is 0 Å². The quantitative estimate of drug-likeness (QED) is 0.159. The summed E-state index contributed by atoms with van der Waals surface area (Å²) in [6.45, 7) is -0.113. The van der Waals surface area contributed by atoms with Crippen LogP contribution in [0.1, 0.15) is 22.3 Å². The van der Waals surface area contributed by atoms with Crippen LogP contribution in [0.2, 0.25) is 0 Å². The lowest BCUT2D eigenvalue weighted by Gasteiger charge is -2.42. The molecule has 4 heterocycles.